The molecule has 1 saturated heterocycles. The summed E-state index contributed by atoms with van der Waals surface area (Å²) >= 11 is 3.47. The van der Waals surface area contributed by atoms with Crippen molar-refractivity contribution in [3.05, 3.63) is 34.3 Å². The van der Waals surface area contributed by atoms with Crippen LogP contribution < -0.4 is 10.6 Å². The molecule has 18 heavy (non-hydrogen) atoms. The first-order chi connectivity index (χ1) is 8.25. The van der Waals surface area contributed by atoms with Gasteiger partial charge in [-0.15, -0.1) is 12.4 Å². The fourth-order valence-corrected chi connectivity index (χ4v) is 2.49. The van der Waals surface area contributed by atoms with Gasteiger partial charge in [-0.25, -0.2) is 0 Å². The van der Waals surface area contributed by atoms with Gasteiger partial charge in [-0.05, 0) is 31.0 Å². The van der Waals surface area contributed by atoms with Crippen LogP contribution in [0.25, 0.3) is 0 Å². The van der Waals surface area contributed by atoms with E-state index in [2.05, 4.69) is 26.6 Å². The fraction of sp³-hybridized carbons (Fsp3) is 0.462. The zero-order valence-electron chi connectivity index (χ0n) is 10.1. The van der Waals surface area contributed by atoms with Crippen LogP contribution in [0, 0.1) is 0 Å². The Morgan fingerprint density at radius 3 is 2.89 bits per heavy atom. The van der Waals surface area contributed by atoms with Crippen molar-refractivity contribution in [3.63, 3.8) is 0 Å². The summed E-state index contributed by atoms with van der Waals surface area (Å²) < 4.78 is 1.04. The number of halogens is 2. The maximum absolute atomic E-state index is 11.7. The first kappa shape index (κ1) is 15.5. The van der Waals surface area contributed by atoms with Crippen LogP contribution in [-0.2, 0) is 11.3 Å². The molecule has 5 heteroatoms. The van der Waals surface area contributed by atoms with Crippen molar-refractivity contribution in [1.29, 1.82) is 0 Å². The molecule has 0 spiro atoms. The Balaban J connectivity index is 0.00000162. The summed E-state index contributed by atoms with van der Waals surface area (Å²) in [5.74, 6) is 0.125. The van der Waals surface area contributed by atoms with Crippen molar-refractivity contribution in [2.24, 2.45) is 0 Å². The molecular formula is C13H18BrClN2O. The molecule has 0 aliphatic carbocycles. The van der Waals surface area contributed by atoms with Crippen LogP contribution in [0.15, 0.2) is 28.7 Å². The summed E-state index contributed by atoms with van der Waals surface area (Å²) in [6.07, 6.45) is 2.88. The minimum absolute atomic E-state index is 0. The van der Waals surface area contributed by atoms with E-state index in [0.717, 1.165) is 23.0 Å². The second-order valence-corrected chi connectivity index (χ2v) is 5.22. The standard InChI is InChI=1S/C13H17BrN2O.ClH/c14-12-6-2-1-4-10(12)9-16-13(17)8-11-5-3-7-15-11;/h1-2,4,6,11,15H,3,5,7-9H2,(H,16,17);1H. The summed E-state index contributed by atoms with van der Waals surface area (Å²) in [5.41, 5.74) is 1.11. The first-order valence-electron chi connectivity index (χ1n) is 5.99. The summed E-state index contributed by atoms with van der Waals surface area (Å²) in [6, 6.07) is 8.31. The molecule has 100 valence electrons. The lowest BCUT2D eigenvalue weighted by atomic mass is 10.1. The van der Waals surface area contributed by atoms with Gasteiger partial charge < -0.3 is 10.6 Å². The molecule has 1 aromatic carbocycles. The van der Waals surface area contributed by atoms with Gasteiger partial charge in [-0.2, -0.15) is 0 Å². The molecule has 0 radical (unpaired) electrons. The summed E-state index contributed by atoms with van der Waals surface area (Å²) in [5, 5.41) is 6.28. The number of hydrogen-bond acceptors (Lipinski definition) is 2. The SMILES string of the molecule is Cl.O=C(CC1CCCN1)NCc1ccccc1Br. The van der Waals surface area contributed by atoms with Crippen LogP contribution in [0.5, 0.6) is 0 Å². The van der Waals surface area contributed by atoms with Gasteiger partial charge in [-0.1, -0.05) is 34.1 Å². The molecule has 1 fully saturated rings. The minimum Gasteiger partial charge on any atom is -0.352 e. The molecule has 1 aliphatic rings. The van der Waals surface area contributed by atoms with Gasteiger partial charge in [0.2, 0.25) is 5.91 Å². The van der Waals surface area contributed by atoms with E-state index < -0.39 is 0 Å². The van der Waals surface area contributed by atoms with Gasteiger partial charge in [0.1, 0.15) is 0 Å². The van der Waals surface area contributed by atoms with Crippen LogP contribution in [0.4, 0.5) is 0 Å². The molecule has 1 amide bonds. The van der Waals surface area contributed by atoms with Crippen molar-refractivity contribution >= 4 is 34.2 Å². The number of hydrogen-bond donors (Lipinski definition) is 2. The van der Waals surface area contributed by atoms with Crippen molar-refractivity contribution in [1.82, 2.24) is 10.6 Å². The van der Waals surface area contributed by atoms with Crippen molar-refractivity contribution in [2.75, 3.05) is 6.54 Å². The topological polar surface area (TPSA) is 41.1 Å². The van der Waals surface area contributed by atoms with Gasteiger partial charge in [-0.3, -0.25) is 4.79 Å². The number of rotatable bonds is 4. The highest BCUT2D eigenvalue weighted by Gasteiger charge is 2.17. The number of benzene rings is 1. The Morgan fingerprint density at radius 1 is 1.44 bits per heavy atom. The monoisotopic (exact) mass is 332 g/mol. The predicted molar refractivity (Wildman–Crippen MR) is 78.9 cm³/mol. The molecule has 3 nitrogen and oxygen atoms in total. The Kier molecular flexibility index (Phi) is 6.68. The molecule has 1 unspecified atom stereocenters. The molecule has 0 aromatic heterocycles. The number of carbonyl (C=O) groups excluding carboxylic acids is 1. The Hall–Kier alpha value is -0.580. The lowest BCUT2D eigenvalue weighted by molar-refractivity contribution is -0.121. The predicted octanol–water partition coefficient (Wildman–Crippen LogP) is 2.63. The summed E-state index contributed by atoms with van der Waals surface area (Å²) in [7, 11) is 0. The van der Waals surface area contributed by atoms with Crippen molar-refractivity contribution in [3.8, 4) is 0 Å². The third kappa shape index (κ3) is 4.59. The van der Waals surface area contributed by atoms with Crippen LogP contribution in [0.3, 0.4) is 0 Å². The van der Waals surface area contributed by atoms with Crippen molar-refractivity contribution in [2.45, 2.75) is 31.8 Å². The zero-order chi connectivity index (χ0) is 12.1. The molecular weight excluding hydrogens is 316 g/mol. The quantitative estimate of drug-likeness (QED) is 0.889. The Bertz CT molecular complexity index is 394. The summed E-state index contributed by atoms with van der Waals surface area (Å²) in [4.78, 5) is 11.7. The highest BCUT2D eigenvalue weighted by atomic mass is 79.9. The van der Waals surface area contributed by atoms with Crippen LogP contribution >= 0.6 is 28.3 Å². The maximum Gasteiger partial charge on any atom is 0.221 e. The van der Waals surface area contributed by atoms with Gasteiger partial charge in [0.25, 0.3) is 0 Å². The van der Waals surface area contributed by atoms with E-state index in [1.54, 1.807) is 0 Å². The maximum atomic E-state index is 11.7. The first-order valence-corrected chi connectivity index (χ1v) is 6.78. The third-order valence-electron chi connectivity index (χ3n) is 3.03. The number of carbonyl (C=O) groups is 1. The average Bonchev–Trinajstić information content (AvgIpc) is 2.81. The van der Waals surface area contributed by atoms with E-state index in [1.807, 2.05) is 24.3 Å². The smallest absolute Gasteiger partial charge is 0.221 e. The average molecular weight is 334 g/mol. The van der Waals surface area contributed by atoms with E-state index in [-0.39, 0.29) is 18.3 Å². The van der Waals surface area contributed by atoms with Gasteiger partial charge >= 0.3 is 0 Å². The Labute approximate surface area is 122 Å². The molecule has 0 saturated carbocycles. The highest BCUT2D eigenvalue weighted by Crippen LogP contribution is 2.15. The Morgan fingerprint density at radius 2 is 2.22 bits per heavy atom. The molecule has 1 aliphatic heterocycles. The second kappa shape index (κ2) is 7.77. The van der Waals surface area contributed by atoms with Gasteiger partial charge in [0.05, 0.1) is 0 Å². The van der Waals surface area contributed by atoms with E-state index in [1.165, 1.54) is 6.42 Å². The van der Waals surface area contributed by atoms with E-state index >= 15 is 0 Å². The van der Waals surface area contributed by atoms with Crippen molar-refractivity contribution < 1.29 is 4.79 Å². The fourth-order valence-electron chi connectivity index (χ4n) is 2.06. The van der Waals surface area contributed by atoms with Crippen LogP contribution in [0.2, 0.25) is 0 Å². The largest absolute Gasteiger partial charge is 0.352 e. The second-order valence-electron chi connectivity index (χ2n) is 4.37. The molecule has 1 aromatic rings. The third-order valence-corrected chi connectivity index (χ3v) is 3.80. The molecule has 2 rings (SSSR count). The lowest BCUT2D eigenvalue weighted by Crippen LogP contribution is -2.31. The minimum atomic E-state index is 0. The van der Waals surface area contributed by atoms with Crippen LogP contribution in [0.1, 0.15) is 24.8 Å². The normalized spacial score (nSPS) is 18.2. The number of nitrogens with one attached hydrogen (secondary N) is 2. The van der Waals surface area contributed by atoms with Gasteiger partial charge in [0.15, 0.2) is 0 Å². The molecule has 2 N–H and O–H groups in total. The van der Waals surface area contributed by atoms with Crippen LogP contribution in [-0.4, -0.2) is 18.5 Å². The summed E-state index contributed by atoms with van der Waals surface area (Å²) in [6.45, 7) is 1.63. The van der Waals surface area contributed by atoms with Gasteiger partial charge in [0, 0.05) is 23.5 Å². The van der Waals surface area contributed by atoms with E-state index in [4.69, 9.17) is 0 Å². The van der Waals surface area contributed by atoms with E-state index in [9.17, 15) is 4.79 Å². The highest BCUT2D eigenvalue weighted by molar-refractivity contribution is 9.10. The molecule has 1 heterocycles. The lowest BCUT2D eigenvalue weighted by Gasteiger charge is -2.11. The number of amides is 1. The zero-order valence-corrected chi connectivity index (χ0v) is 12.5. The molecule has 0 bridgehead atoms. The molecule has 1 atom stereocenters. The van der Waals surface area contributed by atoms with E-state index in [0.29, 0.717) is 19.0 Å².